The molecule has 2 amide bonds. The number of nitro benzene ring substituents is 1. The zero-order chi connectivity index (χ0) is 19.4. The van der Waals surface area contributed by atoms with Gasteiger partial charge < -0.3 is 9.64 Å². The molecule has 0 spiro atoms. The molecule has 1 atom stereocenters. The van der Waals surface area contributed by atoms with Gasteiger partial charge in [0, 0.05) is 30.4 Å². The van der Waals surface area contributed by atoms with Gasteiger partial charge in [-0.15, -0.1) is 0 Å². The highest BCUT2D eigenvalue weighted by Crippen LogP contribution is 2.33. The Hall–Kier alpha value is -3.30. The Morgan fingerprint density at radius 1 is 1.22 bits per heavy atom. The number of nitrogens with zero attached hydrogens (tertiary/aromatic N) is 3. The van der Waals surface area contributed by atoms with E-state index in [4.69, 9.17) is 9.57 Å². The maximum Gasteiger partial charge on any atom is 0.269 e. The summed E-state index contributed by atoms with van der Waals surface area (Å²) in [5, 5.41) is 12.1. The Bertz CT molecular complexity index is 857. The van der Waals surface area contributed by atoms with E-state index in [0.717, 1.165) is 5.06 Å². The summed E-state index contributed by atoms with van der Waals surface area (Å²) in [6.07, 6.45) is -0.944. The molecule has 1 saturated heterocycles. The molecule has 0 bridgehead atoms. The first-order valence-corrected chi connectivity index (χ1v) is 8.07. The first-order chi connectivity index (χ1) is 13.0. The molecule has 2 aromatic carbocycles. The van der Waals surface area contributed by atoms with Gasteiger partial charge >= 0.3 is 0 Å². The minimum Gasteiger partial charge on any atom is -0.356 e. The fraction of sp³-hybridized carbons (Fsp3) is 0.222. The van der Waals surface area contributed by atoms with Gasteiger partial charge in [-0.05, 0) is 12.1 Å². The maximum atomic E-state index is 12.9. The van der Waals surface area contributed by atoms with E-state index in [1.54, 1.807) is 36.4 Å². The second kappa shape index (κ2) is 7.94. The van der Waals surface area contributed by atoms with Crippen molar-refractivity contribution in [1.29, 1.82) is 0 Å². The Balaban J connectivity index is 2.01. The predicted octanol–water partition coefficient (Wildman–Crippen LogP) is 2.11. The SMILES string of the molecule is COCON1C(=O)CN(C(=O)c2ccccc2)[C@@H]1c1cccc([N+](=O)[O-])c1. The minimum atomic E-state index is -0.944. The normalized spacial score (nSPS) is 16.6. The number of rotatable bonds is 6. The van der Waals surface area contributed by atoms with Gasteiger partial charge in [0.1, 0.15) is 6.54 Å². The average Bonchev–Trinajstić information content (AvgIpc) is 3.02. The summed E-state index contributed by atoms with van der Waals surface area (Å²) in [5.41, 5.74) is 0.635. The molecule has 9 heteroatoms. The highest BCUT2D eigenvalue weighted by Gasteiger charge is 2.43. The van der Waals surface area contributed by atoms with Crippen molar-refractivity contribution in [2.45, 2.75) is 6.17 Å². The van der Waals surface area contributed by atoms with Gasteiger partial charge in [-0.25, -0.2) is 4.84 Å². The largest absolute Gasteiger partial charge is 0.356 e. The van der Waals surface area contributed by atoms with E-state index in [2.05, 4.69) is 0 Å². The van der Waals surface area contributed by atoms with E-state index in [1.165, 1.54) is 30.2 Å². The molecule has 0 aromatic heterocycles. The van der Waals surface area contributed by atoms with Crippen LogP contribution in [0.1, 0.15) is 22.1 Å². The quantitative estimate of drug-likeness (QED) is 0.438. The third-order valence-electron chi connectivity index (χ3n) is 4.04. The van der Waals surface area contributed by atoms with Crippen LogP contribution in [0, 0.1) is 10.1 Å². The maximum absolute atomic E-state index is 12.9. The summed E-state index contributed by atoms with van der Waals surface area (Å²) >= 11 is 0. The van der Waals surface area contributed by atoms with Crippen molar-refractivity contribution in [2.75, 3.05) is 20.4 Å². The first kappa shape index (κ1) is 18.5. The topological polar surface area (TPSA) is 102 Å². The summed E-state index contributed by atoms with van der Waals surface area (Å²) in [7, 11) is 1.40. The van der Waals surface area contributed by atoms with Gasteiger partial charge in [0.2, 0.25) is 0 Å². The van der Waals surface area contributed by atoms with Crippen LogP contribution in [0.15, 0.2) is 54.6 Å². The monoisotopic (exact) mass is 371 g/mol. The van der Waals surface area contributed by atoms with Gasteiger partial charge in [-0.2, -0.15) is 5.06 Å². The van der Waals surface area contributed by atoms with Crippen molar-refractivity contribution in [3.8, 4) is 0 Å². The molecule has 1 aliphatic rings. The van der Waals surface area contributed by atoms with Crippen LogP contribution in [-0.2, 0) is 14.4 Å². The van der Waals surface area contributed by atoms with Gasteiger partial charge in [-0.3, -0.25) is 19.7 Å². The van der Waals surface area contributed by atoms with Crippen LogP contribution in [-0.4, -0.2) is 47.1 Å². The van der Waals surface area contributed by atoms with E-state index < -0.39 is 17.0 Å². The standard InChI is InChI=1S/C18H17N3O6/c1-26-12-27-20-16(22)11-19(18(23)13-6-3-2-4-7-13)17(20)14-8-5-9-15(10-14)21(24)25/h2-10,17H,11-12H2,1H3/t17-/m0/s1. The lowest BCUT2D eigenvalue weighted by Gasteiger charge is -2.29. The number of carbonyl (C=O) groups excluding carboxylic acids is 2. The van der Waals surface area contributed by atoms with Gasteiger partial charge in [0.15, 0.2) is 13.0 Å². The van der Waals surface area contributed by atoms with Crippen LogP contribution < -0.4 is 0 Å². The molecule has 1 fully saturated rings. The molecular weight excluding hydrogens is 354 g/mol. The molecule has 3 rings (SSSR count). The smallest absolute Gasteiger partial charge is 0.269 e. The van der Waals surface area contributed by atoms with E-state index in [-0.39, 0.29) is 24.9 Å². The number of hydrogen-bond acceptors (Lipinski definition) is 6. The fourth-order valence-corrected chi connectivity index (χ4v) is 2.86. The van der Waals surface area contributed by atoms with E-state index in [1.807, 2.05) is 0 Å². The molecule has 0 saturated carbocycles. The minimum absolute atomic E-state index is 0.148. The van der Waals surface area contributed by atoms with Crippen molar-refractivity contribution in [1.82, 2.24) is 9.96 Å². The Morgan fingerprint density at radius 2 is 1.96 bits per heavy atom. The van der Waals surface area contributed by atoms with Gasteiger partial charge in [-0.1, -0.05) is 30.3 Å². The number of hydroxylamine groups is 2. The number of ether oxygens (including phenoxy) is 1. The Morgan fingerprint density at radius 3 is 2.63 bits per heavy atom. The number of nitro groups is 1. The second-order valence-electron chi connectivity index (χ2n) is 5.78. The highest BCUT2D eigenvalue weighted by molar-refractivity contribution is 5.98. The van der Waals surface area contributed by atoms with Crippen molar-refractivity contribution in [3.63, 3.8) is 0 Å². The number of non-ortho nitro benzene ring substituents is 1. The summed E-state index contributed by atoms with van der Waals surface area (Å²) in [6.45, 7) is -0.421. The van der Waals surface area contributed by atoms with Crippen molar-refractivity contribution in [3.05, 3.63) is 75.8 Å². The molecule has 0 aliphatic carbocycles. The second-order valence-corrected chi connectivity index (χ2v) is 5.78. The molecule has 1 aliphatic heterocycles. The lowest BCUT2D eigenvalue weighted by Crippen LogP contribution is -2.36. The van der Waals surface area contributed by atoms with Crippen molar-refractivity contribution in [2.24, 2.45) is 0 Å². The van der Waals surface area contributed by atoms with E-state index in [0.29, 0.717) is 11.1 Å². The Labute approximate surface area is 154 Å². The average molecular weight is 371 g/mol. The van der Waals surface area contributed by atoms with Crippen molar-refractivity contribution < 1.29 is 24.1 Å². The van der Waals surface area contributed by atoms with Crippen LogP contribution in [0.5, 0.6) is 0 Å². The van der Waals surface area contributed by atoms with E-state index in [9.17, 15) is 19.7 Å². The highest BCUT2D eigenvalue weighted by atomic mass is 16.8. The van der Waals surface area contributed by atoms with Crippen LogP contribution in [0.3, 0.4) is 0 Å². The molecule has 9 nitrogen and oxygen atoms in total. The van der Waals surface area contributed by atoms with Gasteiger partial charge in [0.25, 0.3) is 17.5 Å². The number of amides is 2. The third-order valence-corrected chi connectivity index (χ3v) is 4.04. The third kappa shape index (κ3) is 3.78. The number of benzene rings is 2. The van der Waals surface area contributed by atoms with Crippen LogP contribution >= 0.6 is 0 Å². The molecule has 2 aromatic rings. The molecule has 0 N–H and O–H groups in total. The first-order valence-electron chi connectivity index (χ1n) is 8.07. The summed E-state index contributed by atoms with van der Waals surface area (Å²) in [5.74, 6) is -0.836. The van der Waals surface area contributed by atoms with Gasteiger partial charge in [0.05, 0.1) is 4.92 Å². The lowest BCUT2D eigenvalue weighted by atomic mass is 10.1. The molecular formula is C18H17N3O6. The predicted molar refractivity (Wildman–Crippen MR) is 93.1 cm³/mol. The number of hydrogen-bond donors (Lipinski definition) is 0. The fourth-order valence-electron chi connectivity index (χ4n) is 2.86. The molecule has 0 unspecified atom stereocenters. The zero-order valence-corrected chi connectivity index (χ0v) is 14.5. The lowest BCUT2D eigenvalue weighted by molar-refractivity contribution is -0.385. The summed E-state index contributed by atoms with van der Waals surface area (Å²) in [4.78, 5) is 42.6. The molecule has 140 valence electrons. The molecule has 0 radical (unpaired) electrons. The Kier molecular flexibility index (Phi) is 5.43. The van der Waals surface area contributed by atoms with Crippen LogP contribution in [0.25, 0.3) is 0 Å². The zero-order valence-electron chi connectivity index (χ0n) is 14.5. The van der Waals surface area contributed by atoms with Crippen molar-refractivity contribution >= 4 is 17.5 Å². The molecule has 1 heterocycles. The number of methoxy groups -OCH3 is 1. The number of carbonyl (C=O) groups is 2. The van der Waals surface area contributed by atoms with Crippen LogP contribution in [0.4, 0.5) is 5.69 Å². The van der Waals surface area contributed by atoms with E-state index >= 15 is 0 Å². The summed E-state index contributed by atoms with van der Waals surface area (Å²) in [6, 6.07) is 14.2. The van der Waals surface area contributed by atoms with Crippen LogP contribution in [0.2, 0.25) is 0 Å². The summed E-state index contributed by atoms with van der Waals surface area (Å²) < 4.78 is 4.85. The molecule has 27 heavy (non-hydrogen) atoms.